The minimum atomic E-state index is 0.0284. The number of nitrogens with zero attached hydrogens (tertiary/aromatic N) is 1. The second kappa shape index (κ2) is 5.70. The maximum atomic E-state index is 6.00. The Kier molecular flexibility index (Phi) is 4.23. The second-order valence-corrected chi connectivity index (χ2v) is 5.72. The Morgan fingerprint density at radius 3 is 2.78 bits per heavy atom. The zero-order valence-corrected chi connectivity index (χ0v) is 11.6. The molecule has 0 amide bonds. The molecule has 0 bridgehead atoms. The van der Waals surface area contributed by atoms with E-state index in [-0.39, 0.29) is 6.04 Å². The molecule has 2 rings (SSSR count). The van der Waals surface area contributed by atoms with E-state index in [0.29, 0.717) is 6.10 Å². The lowest BCUT2D eigenvalue weighted by Gasteiger charge is -2.32. The van der Waals surface area contributed by atoms with Crippen LogP contribution in [-0.4, -0.2) is 11.1 Å². The van der Waals surface area contributed by atoms with Gasteiger partial charge in [0.2, 0.25) is 5.88 Å². The molecule has 0 saturated heterocycles. The van der Waals surface area contributed by atoms with Crippen molar-refractivity contribution in [3.8, 4) is 5.88 Å². The van der Waals surface area contributed by atoms with Gasteiger partial charge in [0.15, 0.2) is 0 Å². The van der Waals surface area contributed by atoms with Crippen LogP contribution in [0.3, 0.4) is 0 Å². The summed E-state index contributed by atoms with van der Waals surface area (Å²) >= 11 is 0. The standard InChI is InChI=1S/C15H24N2O/c1-10-4-5-14(8-11(10)2)18-15-9-13(12(3)16)6-7-17-15/h6-7,9-12,14H,4-5,8,16H2,1-3H3. The van der Waals surface area contributed by atoms with E-state index in [9.17, 15) is 0 Å². The first-order valence-electron chi connectivity index (χ1n) is 6.94. The highest BCUT2D eigenvalue weighted by atomic mass is 16.5. The van der Waals surface area contributed by atoms with Gasteiger partial charge in [-0.05, 0) is 49.7 Å². The van der Waals surface area contributed by atoms with Crippen molar-refractivity contribution in [2.75, 3.05) is 0 Å². The van der Waals surface area contributed by atoms with Gasteiger partial charge in [-0.2, -0.15) is 0 Å². The molecule has 100 valence electrons. The van der Waals surface area contributed by atoms with Crippen LogP contribution in [-0.2, 0) is 0 Å². The molecule has 2 N–H and O–H groups in total. The summed E-state index contributed by atoms with van der Waals surface area (Å²) in [5.41, 5.74) is 6.95. The lowest BCUT2D eigenvalue weighted by atomic mass is 9.80. The van der Waals surface area contributed by atoms with Gasteiger partial charge in [0.05, 0.1) is 0 Å². The smallest absolute Gasteiger partial charge is 0.213 e. The van der Waals surface area contributed by atoms with Gasteiger partial charge in [-0.25, -0.2) is 4.98 Å². The SMILES string of the molecule is CC(N)c1ccnc(OC2CCC(C)C(C)C2)c1. The van der Waals surface area contributed by atoms with E-state index in [4.69, 9.17) is 10.5 Å². The molecule has 0 radical (unpaired) electrons. The third-order valence-electron chi connectivity index (χ3n) is 4.12. The molecule has 4 unspecified atom stereocenters. The highest BCUT2D eigenvalue weighted by Gasteiger charge is 2.26. The molecule has 0 aromatic carbocycles. The fourth-order valence-corrected chi connectivity index (χ4v) is 2.55. The summed E-state index contributed by atoms with van der Waals surface area (Å²) in [6.45, 7) is 6.62. The molecule has 1 aliphatic carbocycles. The van der Waals surface area contributed by atoms with Crippen LogP contribution >= 0.6 is 0 Å². The zero-order valence-electron chi connectivity index (χ0n) is 11.6. The average molecular weight is 248 g/mol. The zero-order chi connectivity index (χ0) is 13.1. The van der Waals surface area contributed by atoms with E-state index in [0.717, 1.165) is 36.1 Å². The summed E-state index contributed by atoms with van der Waals surface area (Å²) in [6.07, 6.45) is 5.61. The number of rotatable bonds is 3. The van der Waals surface area contributed by atoms with Gasteiger partial charge in [-0.1, -0.05) is 13.8 Å². The highest BCUT2D eigenvalue weighted by molar-refractivity contribution is 5.23. The predicted octanol–water partition coefficient (Wildman–Crippen LogP) is 3.30. The second-order valence-electron chi connectivity index (χ2n) is 5.72. The fraction of sp³-hybridized carbons (Fsp3) is 0.667. The van der Waals surface area contributed by atoms with Crippen LogP contribution in [0.5, 0.6) is 5.88 Å². The Morgan fingerprint density at radius 2 is 2.11 bits per heavy atom. The maximum absolute atomic E-state index is 6.00. The molecule has 1 saturated carbocycles. The van der Waals surface area contributed by atoms with Gasteiger partial charge in [0.25, 0.3) is 0 Å². The first-order valence-corrected chi connectivity index (χ1v) is 6.94. The van der Waals surface area contributed by atoms with Crippen LogP contribution in [0.2, 0.25) is 0 Å². The largest absolute Gasteiger partial charge is 0.474 e. The maximum Gasteiger partial charge on any atom is 0.213 e. The quantitative estimate of drug-likeness (QED) is 0.892. The van der Waals surface area contributed by atoms with Gasteiger partial charge in [0.1, 0.15) is 6.10 Å². The summed E-state index contributed by atoms with van der Waals surface area (Å²) < 4.78 is 6.00. The van der Waals surface area contributed by atoms with Gasteiger partial charge < -0.3 is 10.5 Å². The van der Waals surface area contributed by atoms with E-state index in [2.05, 4.69) is 18.8 Å². The van der Waals surface area contributed by atoms with E-state index in [1.807, 2.05) is 19.1 Å². The van der Waals surface area contributed by atoms with Crippen molar-refractivity contribution in [3.63, 3.8) is 0 Å². The molecule has 1 fully saturated rings. The van der Waals surface area contributed by atoms with Crippen LogP contribution < -0.4 is 10.5 Å². The van der Waals surface area contributed by atoms with Crippen molar-refractivity contribution in [2.45, 2.75) is 52.2 Å². The van der Waals surface area contributed by atoms with E-state index < -0.39 is 0 Å². The molecule has 3 heteroatoms. The molecule has 1 aliphatic rings. The highest BCUT2D eigenvalue weighted by Crippen LogP contribution is 2.31. The van der Waals surface area contributed by atoms with E-state index in [1.54, 1.807) is 6.20 Å². The van der Waals surface area contributed by atoms with Crippen molar-refractivity contribution in [3.05, 3.63) is 23.9 Å². The van der Waals surface area contributed by atoms with Crippen molar-refractivity contribution in [1.29, 1.82) is 0 Å². The minimum absolute atomic E-state index is 0.0284. The Bertz CT molecular complexity index is 392. The first-order chi connectivity index (χ1) is 8.56. The normalized spacial score (nSPS) is 29.9. The van der Waals surface area contributed by atoms with E-state index >= 15 is 0 Å². The van der Waals surface area contributed by atoms with Gasteiger partial charge in [0, 0.05) is 18.3 Å². The molecule has 1 heterocycles. The number of nitrogens with two attached hydrogens (primary N) is 1. The Hall–Kier alpha value is -1.09. The van der Waals surface area contributed by atoms with Gasteiger partial charge >= 0.3 is 0 Å². The molecule has 0 spiro atoms. The average Bonchev–Trinajstić information content (AvgIpc) is 2.34. The number of hydrogen-bond donors (Lipinski definition) is 1. The van der Waals surface area contributed by atoms with Crippen molar-refractivity contribution >= 4 is 0 Å². The third-order valence-corrected chi connectivity index (χ3v) is 4.12. The topological polar surface area (TPSA) is 48.1 Å². The van der Waals surface area contributed by atoms with Crippen LogP contribution in [0.1, 0.15) is 51.6 Å². The van der Waals surface area contributed by atoms with Crippen LogP contribution in [0, 0.1) is 11.8 Å². The molecule has 1 aromatic rings. The van der Waals surface area contributed by atoms with E-state index in [1.165, 1.54) is 6.42 Å². The summed E-state index contributed by atoms with van der Waals surface area (Å²) in [5.74, 6) is 2.27. The molecule has 4 atom stereocenters. The molecule has 1 aromatic heterocycles. The van der Waals surface area contributed by atoms with Gasteiger partial charge in [-0.15, -0.1) is 0 Å². The van der Waals surface area contributed by atoms with Crippen LogP contribution in [0.4, 0.5) is 0 Å². The summed E-state index contributed by atoms with van der Waals surface area (Å²) in [4.78, 5) is 4.28. The lowest BCUT2D eigenvalue weighted by Crippen LogP contribution is -2.29. The molecule has 0 aliphatic heterocycles. The van der Waals surface area contributed by atoms with Crippen molar-refractivity contribution in [2.24, 2.45) is 17.6 Å². The summed E-state index contributed by atoms with van der Waals surface area (Å²) in [7, 11) is 0. The molecular formula is C15H24N2O. The molecule has 18 heavy (non-hydrogen) atoms. The van der Waals surface area contributed by atoms with Gasteiger partial charge in [-0.3, -0.25) is 0 Å². The first kappa shape index (κ1) is 13.3. The summed E-state index contributed by atoms with van der Waals surface area (Å²) in [5, 5.41) is 0. The minimum Gasteiger partial charge on any atom is -0.474 e. The van der Waals surface area contributed by atoms with Crippen molar-refractivity contribution in [1.82, 2.24) is 4.98 Å². The van der Waals surface area contributed by atoms with Crippen LogP contribution in [0.25, 0.3) is 0 Å². The molecular weight excluding hydrogens is 224 g/mol. The number of pyridine rings is 1. The Labute approximate surface area is 110 Å². The Morgan fingerprint density at radius 1 is 1.33 bits per heavy atom. The summed E-state index contributed by atoms with van der Waals surface area (Å²) in [6, 6.07) is 3.94. The van der Waals surface area contributed by atoms with Crippen LogP contribution in [0.15, 0.2) is 18.3 Å². The monoisotopic (exact) mass is 248 g/mol. The van der Waals surface area contributed by atoms with Crippen molar-refractivity contribution < 1.29 is 4.74 Å². The Balaban J connectivity index is 1.99. The predicted molar refractivity (Wildman–Crippen MR) is 73.4 cm³/mol. The number of ether oxygens (including phenoxy) is 1. The fourth-order valence-electron chi connectivity index (χ4n) is 2.55. The number of aromatic nitrogens is 1. The third kappa shape index (κ3) is 3.22. The molecule has 3 nitrogen and oxygen atoms in total. The lowest BCUT2D eigenvalue weighted by molar-refractivity contribution is 0.0963. The number of hydrogen-bond acceptors (Lipinski definition) is 3.